The number of nitrogens with one attached hydrogen (secondary N) is 1. The molecule has 1 heterocycles. The van der Waals surface area contributed by atoms with Gasteiger partial charge in [0.05, 0.1) is 0 Å². The zero-order valence-electron chi connectivity index (χ0n) is 12.2. The van der Waals surface area contributed by atoms with Gasteiger partial charge < -0.3 is 10.2 Å². The van der Waals surface area contributed by atoms with E-state index in [0.717, 1.165) is 25.9 Å². The van der Waals surface area contributed by atoms with Crippen molar-refractivity contribution < 1.29 is 0 Å². The van der Waals surface area contributed by atoms with Gasteiger partial charge in [-0.15, -0.1) is 0 Å². The largest absolute Gasteiger partial charge is 0.312 e. The van der Waals surface area contributed by atoms with Gasteiger partial charge in [0.2, 0.25) is 0 Å². The number of hydrogen-bond donors (Lipinski definition) is 1. The fourth-order valence-corrected chi connectivity index (χ4v) is 2.03. The molecule has 0 fully saturated rings. The molecule has 1 aromatic rings. The van der Waals surface area contributed by atoms with Crippen LogP contribution in [0.1, 0.15) is 31.5 Å². The van der Waals surface area contributed by atoms with E-state index in [1.54, 1.807) is 0 Å². The van der Waals surface area contributed by atoms with Crippen LogP contribution >= 0.6 is 0 Å². The molecule has 0 amide bonds. The first-order valence-electron chi connectivity index (χ1n) is 6.97. The number of pyridine rings is 1. The van der Waals surface area contributed by atoms with E-state index in [0.29, 0.717) is 6.04 Å². The summed E-state index contributed by atoms with van der Waals surface area (Å²) in [5.41, 5.74) is 2.49. The molecule has 0 saturated carbocycles. The maximum Gasteiger partial charge on any atom is 0.0419 e. The molecule has 102 valence electrons. The maximum absolute atomic E-state index is 4.55. The summed E-state index contributed by atoms with van der Waals surface area (Å²) in [6.07, 6.45) is 5.23. The first-order chi connectivity index (χ1) is 8.65. The number of nitrogens with zero attached hydrogens (tertiary/aromatic N) is 2. The molecule has 0 aliphatic carbocycles. The molecular weight excluding hydrogens is 222 g/mol. The highest BCUT2D eigenvalue weighted by atomic mass is 15.1. The minimum absolute atomic E-state index is 0.486. The van der Waals surface area contributed by atoms with Gasteiger partial charge >= 0.3 is 0 Å². The van der Waals surface area contributed by atoms with E-state index < -0.39 is 0 Å². The zero-order chi connectivity index (χ0) is 13.4. The smallest absolute Gasteiger partial charge is 0.0419 e. The molecule has 0 aromatic carbocycles. The molecule has 1 aromatic heterocycles. The number of aromatic nitrogens is 1. The lowest BCUT2D eigenvalue weighted by atomic mass is 10.1. The lowest BCUT2D eigenvalue weighted by Crippen LogP contribution is -2.40. The van der Waals surface area contributed by atoms with Crippen LogP contribution in [0, 0.1) is 0 Å². The lowest BCUT2D eigenvalue weighted by Gasteiger charge is -2.22. The molecule has 1 unspecified atom stereocenters. The quantitative estimate of drug-likeness (QED) is 0.765. The monoisotopic (exact) mass is 249 g/mol. The lowest BCUT2D eigenvalue weighted by molar-refractivity contribution is 0.335. The number of aryl methyl sites for hydroxylation is 1. The molecule has 0 bridgehead atoms. The van der Waals surface area contributed by atoms with Crippen molar-refractivity contribution in [2.24, 2.45) is 0 Å². The molecule has 0 aliphatic rings. The average molecular weight is 249 g/mol. The van der Waals surface area contributed by atoms with E-state index in [9.17, 15) is 0 Å². The van der Waals surface area contributed by atoms with Crippen LogP contribution in [0.2, 0.25) is 0 Å². The highest BCUT2D eigenvalue weighted by molar-refractivity contribution is 5.14. The van der Waals surface area contributed by atoms with Gasteiger partial charge in [0.15, 0.2) is 0 Å². The summed E-state index contributed by atoms with van der Waals surface area (Å²) in [7, 11) is 4.24. The third-order valence-electron chi connectivity index (χ3n) is 3.02. The van der Waals surface area contributed by atoms with Crippen LogP contribution in [0.25, 0.3) is 0 Å². The van der Waals surface area contributed by atoms with Gasteiger partial charge in [-0.05, 0) is 45.1 Å². The predicted octanol–water partition coefficient (Wildman–Crippen LogP) is 2.12. The standard InChI is InChI=1S/C15H27N3/c1-5-9-16-15(12-18(3)4)10-14-8-7-13(6-2)11-17-14/h7-8,11,15-16H,5-6,9-10,12H2,1-4H3. The van der Waals surface area contributed by atoms with Crippen LogP contribution in [0.3, 0.4) is 0 Å². The van der Waals surface area contributed by atoms with Crippen LogP contribution < -0.4 is 5.32 Å². The Kier molecular flexibility index (Phi) is 6.91. The van der Waals surface area contributed by atoms with Gasteiger partial charge in [0.1, 0.15) is 0 Å². The van der Waals surface area contributed by atoms with Gasteiger partial charge in [-0.3, -0.25) is 4.98 Å². The molecule has 1 rings (SSSR count). The van der Waals surface area contributed by atoms with Crippen molar-refractivity contribution in [2.45, 2.75) is 39.2 Å². The molecule has 3 nitrogen and oxygen atoms in total. The molecule has 0 aliphatic heterocycles. The molecule has 0 saturated heterocycles. The van der Waals surface area contributed by atoms with Crippen LogP contribution in [0.4, 0.5) is 0 Å². The second-order valence-corrected chi connectivity index (χ2v) is 5.13. The van der Waals surface area contributed by atoms with Crippen molar-refractivity contribution in [2.75, 3.05) is 27.2 Å². The van der Waals surface area contributed by atoms with E-state index in [1.165, 1.54) is 17.7 Å². The Balaban J connectivity index is 2.56. The van der Waals surface area contributed by atoms with E-state index in [2.05, 4.69) is 55.3 Å². The summed E-state index contributed by atoms with van der Waals surface area (Å²) in [5, 5.41) is 3.60. The van der Waals surface area contributed by atoms with Gasteiger partial charge in [-0.2, -0.15) is 0 Å². The van der Waals surface area contributed by atoms with Crippen molar-refractivity contribution in [3.63, 3.8) is 0 Å². The third kappa shape index (κ3) is 5.61. The average Bonchev–Trinajstić information content (AvgIpc) is 2.36. The van der Waals surface area contributed by atoms with E-state index in [4.69, 9.17) is 0 Å². The van der Waals surface area contributed by atoms with Crippen molar-refractivity contribution in [3.05, 3.63) is 29.6 Å². The minimum Gasteiger partial charge on any atom is -0.312 e. The molecule has 1 N–H and O–H groups in total. The van der Waals surface area contributed by atoms with Crippen LogP contribution in [-0.2, 0) is 12.8 Å². The Morgan fingerprint density at radius 1 is 1.28 bits per heavy atom. The number of likely N-dealkylation sites (N-methyl/N-ethyl adjacent to an activating group) is 1. The van der Waals surface area contributed by atoms with Gasteiger partial charge in [0.25, 0.3) is 0 Å². The minimum atomic E-state index is 0.486. The summed E-state index contributed by atoms with van der Waals surface area (Å²) >= 11 is 0. The van der Waals surface area contributed by atoms with Crippen molar-refractivity contribution >= 4 is 0 Å². The topological polar surface area (TPSA) is 28.2 Å². The normalized spacial score (nSPS) is 12.9. The fraction of sp³-hybridized carbons (Fsp3) is 0.667. The second kappa shape index (κ2) is 8.22. The van der Waals surface area contributed by atoms with Crippen molar-refractivity contribution in [1.29, 1.82) is 0 Å². The Morgan fingerprint density at radius 2 is 2.06 bits per heavy atom. The molecule has 0 spiro atoms. The van der Waals surface area contributed by atoms with E-state index >= 15 is 0 Å². The molecular formula is C15H27N3. The van der Waals surface area contributed by atoms with Gasteiger partial charge in [0, 0.05) is 30.9 Å². The summed E-state index contributed by atoms with van der Waals surface area (Å²) in [5.74, 6) is 0. The summed E-state index contributed by atoms with van der Waals surface area (Å²) < 4.78 is 0. The molecule has 18 heavy (non-hydrogen) atoms. The Bertz CT molecular complexity index is 319. The highest BCUT2D eigenvalue weighted by Gasteiger charge is 2.10. The Hall–Kier alpha value is -0.930. The first kappa shape index (κ1) is 15.1. The summed E-state index contributed by atoms with van der Waals surface area (Å²) in [4.78, 5) is 6.78. The maximum atomic E-state index is 4.55. The van der Waals surface area contributed by atoms with Gasteiger partial charge in [-0.25, -0.2) is 0 Å². The summed E-state index contributed by atoms with van der Waals surface area (Å²) in [6.45, 7) is 6.49. The zero-order valence-corrected chi connectivity index (χ0v) is 12.2. The third-order valence-corrected chi connectivity index (χ3v) is 3.02. The fourth-order valence-electron chi connectivity index (χ4n) is 2.03. The van der Waals surface area contributed by atoms with Gasteiger partial charge in [-0.1, -0.05) is 19.9 Å². The predicted molar refractivity (Wildman–Crippen MR) is 78.0 cm³/mol. The Labute approximate surface area is 112 Å². The van der Waals surface area contributed by atoms with Crippen LogP contribution in [0.15, 0.2) is 18.3 Å². The van der Waals surface area contributed by atoms with E-state index in [1.807, 2.05) is 6.20 Å². The van der Waals surface area contributed by atoms with Crippen molar-refractivity contribution in [1.82, 2.24) is 15.2 Å². The molecule has 3 heteroatoms. The summed E-state index contributed by atoms with van der Waals surface area (Å²) in [6, 6.07) is 4.84. The SMILES string of the molecule is CCCNC(Cc1ccc(CC)cn1)CN(C)C. The highest BCUT2D eigenvalue weighted by Crippen LogP contribution is 2.04. The molecule has 1 atom stereocenters. The number of rotatable bonds is 8. The first-order valence-corrected chi connectivity index (χ1v) is 6.97. The Morgan fingerprint density at radius 3 is 2.56 bits per heavy atom. The van der Waals surface area contributed by atoms with Crippen molar-refractivity contribution in [3.8, 4) is 0 Å². The van der Waals surface area contributed by atoms with Crippen LogP contribution in [-0.4, -0.2) is 43.1 Å². The van der Waals surface area contributed by atoms with E-state index in [-0.39, 0.29) is 0 Å². The second-order valence-electron chi connectivity index (χ2n) is 5.13. The number of hydrogen-bond acceptors (Lipinski definition) is 3. The molecule has 0 radical (unpaired) electrons. The van der Waals surface area contributed by atoms with Crippen LogP contribution in [0.5, 0.6) is 0 Å².